The minimum Gasteiger partial charge on any atom is -0.326 e. The lowest BCUT2D eigenvalue weighted by Crippen LogP contribution is -2.40. The topological polar surface area (TPSA) is 29.3 Å². The summed E-state index contributed by atoms with van der Waals surface area (Å²) >= 11 is 1.76. The Balaban J connectivity index is 2.76. The van der Waals surface area contributed by atoms with Crippen LogP contribution in [0.5, 0.6) is 0 Å². The number of thiophene rings is 1. The first kappa shape index (κ1) is 14.7. The van der Waals surface area contributed by atoms with Crippen LogP contribution in [0.4, 0.5) is 0 Å². The molecule has 2 N–H and O–H groups in total. The Morgan fingerprint density at radius 2 is 2.06 bits per heavy atom. The van der Waals surface area contributed by atoms with Gasteiger partial charge in [-0.25, -0.2) is 0 Å². The van der Waals surface area contributed by atoms with Crippen molar-refractivity contribution in [3.8, 4) is 0 Å². The maximum atomic E-state index is 6.29. The number of rotatable bonds is 7. The molecular weight excluding hydrogens is 228 g/mol. The van der Waals surface area contributed by atoms with Crippen molar-refractivity contribution in [3.63, 3.8) is 0 Å². The second-order valence-electron chi connectivity index (χ2n) is 5.03. The largest absolute Gasteiger partial charge is 0.326 e. The number of likely N-dealkylation sites (N-methyl/N-ethyl adjacent to an activating group) is 1. The van der Waals surface area contributed by atoms with Gasteiger partial charge in [0, 0.05) is 12.6 Å². The molecule has 0 aliphatic carbocycles. The molecule has 3 atom stereocenters. The first-order chi connectivity index (χ1) is 8.10. The predicted octanol–water partition coefficient (Wildman–Crippen LogP) is 3.50. The van der Waals surface area contributed by atoms with Crippen molar-refractivity contribution in [2.24, 2.45) is 11.7 Å². The van der Waals surface area contributed by atoms with E-state index in [0.717, 1.165) is 18.9 Å². The number of hydrogen-bond acceptors (Lipinski definition) is 3. The molecule has 0 bridgehead atoms. The van der Waals surface area contributed by atoms with Crippen molar-refractivity contribution in [2.45, 2.75) is 45.7 Å². The molecule has 0 saturated carbocycles. The van der Waals surface area contributed by atoms with Crippen LogP contribution in [-0.4, -0.2) is 24.5 Å². The van der Waals surface area contributed by atoms with E-state index in [0.29, 0.717) is 6.04 Å². The van der Waals surface area contributed by atoms with E-state index < -0.39 is 0 Å². The molecule has 0 spiro atoms. The van der Waals surface area contributed by atoms with E-state index in [1.165, 1.54) is 12.0 Å². The summed E-state index contributed by atoms with van der Waals surface area (Å²) in [5, 5.41) is 4.37. The van der Waals surface area contributed by atoms with Crippen molar-refractivity contribution in [2.75, 3.05) is 13.6 Å². The lowest BCUT2D eigenvalue weighted by atomic mass is 9.97. The van der Waals surface area contributed by atoms with Crippen LogP contribution >= 0.6 is 11.3 Å². The summed E-state index contributed by atoms with van der Waals surface area (Å²) in [6.07, 6.45) is 2.24. The molecule has 0 fully saturated rings. The van der Waals surface area contributed by atoms with Gasteiger partial charge in [-0.2, -0.15) is 11.3 Å². The zero-order chi connectivity index (χ0) is 12.8. The van der Waals surface area contributed by atoms with E-state index in [1.54, 1.807) is 11.3 Å². The highest BCUT2D eigenvalue weighted by atomic mass is 32.1. The van der Waals surface area contributed by atoms with Gasteiger partial charge in [-0.3, -0.25) is 4.90 Å². The molecule has 1 aromatic heterocycles. The molecule has 2 nitrogen and oxygen atoms in total. The summed E-state index contributed by atoms with van der Waals surface area (Å²) in [5.41, 5.74) is 7.66. The van der Waals surface area contributed by atoms with Crippen LogP contribution in [0, 0.1) is 5.92 Å². The van der Waals surface area contributed by atoms with Crippen LogP contribution in [0.2, 0.25) is 0 Å². The molecule has 0 aromatic carbocycles. The summed E-state index contributed by atoms with van der Waals surface area (Å²) < 4.78 is 0. The fourth-order valence-corrected chi connectivity index (χ4v) is 2.92. The Morgan fingerprint density at radius 1 is 1.35 bits per heavy atom. The van der Waals surface area contributed by atoms with E-state index in [1.807, 2.05) is 0 Å². The molecule has 17 heavy (non-hydrogen) atoms. The second kappa shape index (κ2) is 7.14. The Hall–Kier alpha value is -0.380. The first-order valence-corrected chi connectivity index (χ1v) is 7.52. The summed E-state index contributed by atoms with van der Waals surface area (Å²) in [4.78, 5) is 2.42. The van der Waals surface area contributed by atoms with E-state index in [2.05, 4.69) is 49.5 Å². The smallest absolute Gasteiger partial charge is 0.0504 e. The molecule has 0 aliphatic rings. The summed E-state index contributed by atoms with van der Waals surface area (Å²) in [6.45, 7) is 7.84. The minimum absolute atomic E-state index is 0.221. The predicted molar refractivity (Wildman–Crippen MR) is 77.4 cm³/mol. The van der Waals surface area contributed by atoms with Crippen LogP contribution in [-0.2, 0) is 0 Å². The summed E-state index contributed by atoms with van der Waals surface area (Å²) in [6, 6.07) is 2.79. The van der Waals surface area contributed by atoms with E-state index >= 15 is 0 Å². The van der Waals surface area contributed by atoms with Crippen LogP contribution in [0.1, 0.15) is 45.2 Å². The van der Waals surface area contributed by atoms with Crippen LogP contribution in [0.25, 0.3) is 0 Å². The van der Waals surface area contributed by atoms with Crippen LogP contribution in [0.3, 0.4) is 0 Å². The van der Waals surface area contributed by atoms with Gasteiger partial charge < -0.3 is 5.73 Å². The minimum atomic E-state index is 0.221. The molecule has 1 heterocycles. The van der Waals surface area contributed by atoms with Gasteiger partial charge in [0.1, 0.15) is 0 Å². The number of hydrogen-bond donors (Lipinski definition) is 1. The highest BCUT2D eigenvalue weighted by Crippen LogP contribution is 2.26. The Kier molecular flexibility index (Phi) is 6.17. The average molecular weight is 254 g/mol. The lowest BCUT2D eigenvalue weighted by Gasteiger charge is -2.33. The van der Waals surface area contributed by atoms with Crippen molar-refractivity contribution in [3.05, 3.63) is 22.4 Å². The number of nitrogens with two attached hydrogens (primary N) is 1. The van der Waals surface area contributed by atoms with Crippen molar-refractivity contribution < 1.29 is 0 Å². The molecule has 0 radical (unpaired) electrons. The van der Waals surface area contributed by atoms with Crippen LogP contribution < -0.4 is 5.73 Å². The third-order valence-corrected chi connectivity index (χ3v) is 4.23. The highest BCUT2D eigenvalue weighted by molar-refractivity contribution is 7.07. The molecule has 1 aromatic rings. The van der Waals surface area contributed by atoms with Gasteiger partial charge in [0.05, 0.1) is 6.04 Å². The van der Waals surface area contributed by atoms with Gasteiger partial charge in [0.25, 0.3) is 0 Å². The monoisotopic (exact) mass is 254 g/mol. The Bertz CT molecular complexity index is 297. The van der Waals surface area contributed by atoms with Gasteiger partial charge in [-0.05, 0) is 41.8 Å². The summed E-state index contributed by atoms with van der Waals surface area (Å²) in [7, 11) is 2.20. The fourth-order valence-electron chi connectivity index (χ4n) is 2.23. The highest BCUT2D eigenvalue weighted by Gasteiger charge is 2.24. The molecule has 98 valence electrons. The van der Waals surface area contributed by atoms with Gasteiger partial charge in [0.15, 0.2) is 0 Å². The number of nitrogens with zero attached hydrogens (tertiary/aromatic N) is 1. The van der Waals surface area contributed by atoms with Gasteiger partial charge in [-0.1, -0.05) is 27.2 Å². The fraction of sp³-hybridized carbons (Fsp3) is 0.714. The molecule has 3 unspecified atom stereocenters. The molecule has 0 saturated heterocycles. The van der Waals surface area contributed by atoms with Gasteiger partial charge >= 0.3 is 0 Å². The van der Waals surface area contributed by atoms with Crippen molar-refractivity contribution in [1.82, 2.24) is 4.90 Å². The normalized spacial score (nSPS) is 17.1. The average Bonchev–Trinajstić information content (AvgIpc) is 2.82. The molecular formula is C14H26N2S. The maximum absolute atomic E-state index is 6.29. The maximum Gasteiger partial charge on any atom is 0.0504 e. The van der Waals surface area contributed by atoms with E-state index in [9.17, 15) is 0 Å². The zero-order valence-electron chi connectivity index (χ0n) is 11.5. The third-order valence-electron chi connectivity index (χ3n) is 3.53. The molecule has 3 heteroatoms. The third kappa shape index (κ3) is 4.09. The Labute approximate surface area is 110 Å². The molecule has 1 rings (SSSR count). The van der Waals surface area contributed by atoms with E-state index in [4.69, 9.17) is 5.73 Å². The standard InChI is InChI=1S/C14H26N2S/c1-5-11(3)9-16(4)14(13(15)6-2)12-7-8-17-10-12/h7-8,10-11,13-14H,5-6,9,15H2,1-4H3. The lowest BCUT2D eigenvalue weighted by molar-refractivity contribution is 0.183. The molecule has 0 amide bonds. The van der Waals surface area contributed by atoms with E-state index in [-0.39, 0.29) is 6.04 Å². The Morgan fingerprint density at radius 3 is 2.53 bits per heavy atom. The second-order valence-corrected chi connectivity index (χ2v) is 5.81. The zero-order valence-corrected chi connectivity index (χ0v) is 12.3. The summed E-state index contributed by atoms with van der Waals surface area (Å²) in [5.74, 6) is 0.727. The van der Waals surface area contributed by atoms with Gasteiger partial charge in [-0.15, -0.1) is 0 Å². The SMILES string of the molecule is CCC(C)CN(C)C(c1ccsc1)C(N)CC. The first-order valence-electron chi connectivity index (χ1n) is 6.58. The van der Waals surface area contributed by atoms with Gasteiger partial charge in [0.2, 0.25) is 0 Å². The molecule has 0 aliphatic heterocycles. The van der Waals surface area contributed by atoms with Crippen molar-refractivity contribution >= 4 is 11.3 Å². The quantitative estimate of drug-likeness (QED) is 0.807. The van der Waals surface area contributed by atoms with Crippen LogP contribution in [0.15, 0.2) is 16.8 Å². The van der Waals surface area contributed by atoms with Crippen molar-refractivity contribution in [1.29, 1.82) is 0 Å².